The molecule has 0 saturated heterocycles. The quantitative estimate of drug-likeness (QED) is 0.139. The van der Waals surface area contributed by atoms with Gasteiger partial charge >= 0.3 is 5.97 Å². The van der Waals surface area contributed by atoms with Gasteiger partial charge in [-0.2, -0.15) is 0 Å². The molecule has 0 bridgehead atoms. The number of ether oxygens (including phenoxy) is 1. The van der Waals surface area contributed by atoms with Crippen molar-refractivity contribution in [1.29, 1.82) is 0 Å². The monoisotopic (exact) mass is 379 g/mol. The number of rotatable bonds is 17. The summed E-state index contributed by atoms with van der Waals surface area (Å²) < 4.78 is 5.13. The summed E-state index contributed by atoms with van der Waals surface area (Å²) in [6.07, 6.45) is 20.5. The number of carbonyl (C=O) groups excluding carboxylic acids is 2. The molecule has 2 N–H and O–H groups in total. The molecule has 0 radical (unpaired) electrons. The first-order valence-corrected chi connectivity index (χ1v) is 10.9. The van der Waals surface area contributed by atoms with E-state index in [0.29, 0.717) is 17.8 Å². The van der Waals surface area contributed by atoms with Crippen molar-refractivity contribution in [3.63, 3.8) is 0 Å². The van der Waals surface area contributed by atoms with E-state index in [0.717, 1.165) is 12.8 Å². The molecule has 0 atom stereocenters. The highest BCUT2D eigenvalue weighted by atomic mass is 16.5. The topological polar surface area (TPSA) is 69.4 Å². The Morgan fingerprint density at radius 1 is 0.815 bits per heavy atom. The Morgan fingerprint density at radius 2 is 1.30 bits per heavy atom. The molecule has 0 fully saturated rings. The predicted molar refractivity (Wildman–Crippen MR) is 113 cm³/mol. The lowest BCUT2D eigenvalue weighted by Gasteiger charge is -2.06. The minimum absolute atomic E-state index is 0.296. The number of unbranched alkanes of at least 4 members (excludes halogenated alkanes) is 12. The maximum Gasteiger partial charge on any atom is 0.335 e. The number of carbonyl (C=O) groups is 2. The third-order valence-corrected chi connectivity index (χ3v) is 4.81. The molecular formula is C23H41NO3. The number of primary amides is 1. The first kappa shape index (κ1) is 25.4. The second-order valence-corrected chi connectivity index (χ2v) is 7.25. The minimum atomic E-state index is -0.539. The van der Waals surface area contributed by atoms with Gasteiger partial charge in [0, 0.05) is 6.08 Å². The Labute approximate surface area is 166 Å². The fourth-order valence-corrected chi connectivity index (χ4v) is 3.13. The number of amides is 1. The molecule has 27 heavy (non-hydrogen) atoms. The summed E-state index contributed by atoms with van der Waals surface area (Å²) in [5.41, 5.74) is 5.61. The molecular weight excluding hydrogens is 338 g/mol. The van der Waals surface area contributed by atoms with Gasteiger partial charge in [0.05, 0.1) is 5.57 Å². The lowest BCUT2D eigenvalue weighted by Crippen LogP contribution is -2.16. The SMILES string of the molecule is CCCCCCCCCCCCCCC=CC(=O)OC(C)=C(CC)C(N)=O. The highest BCUT2D eigenvalue weighted by molar-refractivity contribution is 5.93. The van der Waals surface area contributed by atoms with E-state index in [9.17, 15) is 9.59 Å². The van der Waals surface area contributed by atoms with E-state index in [-0.39, 0.29) is 0 Å². The van der Waals surface area contributed by atoms with Crippen LogP contribution in [0.2, 0.25) is 0 Å². The van der Waals surface area contributed by atoms with Crippen LogP contribution < -0.4 is 5.73 Å². The van der Waals surface area contributed by atoms with E-state index in [1.54, 1.807) is 13.8 Å². The second kappa shape index (κ2) is 17.8. The van der Waals surface area contributed by atoms with Gasteiger partial charge in [0.1, 0.15) is 5.76 Å². The molecule has 156 valence electrons. The molecule has 0 spiro atoms. The summed E-state index contributed by atoms with van der Waals surface area (Å²) in [6.45, 7) is 5.66. The van der Waals surface area contributed by atoms with Gasteiger partial charge in [-0.1, -0.05) is 90.6 Å². The minimum Gasteiger partial charge on any atom is -0.428 e. The van der Waals surface area contributed by atoms with Crippen molar-refractivity contribution in [2.24, 2.45) is 5.73 Å². The van der Waals surface area contributed by atoms with Crippen LogP contribution >= 0.6 is 0 Å². The average molecular weight is 380 g/mol. The first-order valence-electron chi connectivity index (χ1n) is 10.9. The van der Waals surface area contributed by atoms with Crippen LogP contribution in [0.25, 0.3) is 0 Å². The lowest BCUT2D eigenvalue weighted by atomic mass is 10.0. The van der Waals surface area contributed by atoms with E-state index >= 15 is 0 Å². The molecule has 4 nitrogen and oxygen atoms in total. The van der Waals surface area contributed by atoms with Crippen LogP contribution in [0.5, 0.6) is 0 Å². The van der Waals surface area contributed by atoms with Crippen molar-refractivity contribution < 1.29 is 14.3 Å². The first-order chi connectivity index (χ1) is 13.0. The largest absolute Gasteiger partial charge is 0.428 e. The van der Waals surface area contributed by atoms with E-state index < -0.39 is 11.9 Å². The highest BCUT2D eigenvalue weighted by Crippen LogP contribution is 2.13. The van der Waals surface area contributed by atoms with Gasteiger partial charge in [-0.25, -0.2) is 4.79 Å². The molecule has 0 aromatic rings. The van der Waals surface area contributed by atoms with E-state index in [1.807, 2.05) is 6.08 Å². The molecule has 0 heterocycles. The van der Waals surface area contributed by atoms with Crippen LogP contribution in [-0.4, -0.2) is 11.9 Å². The Kier molecular flexibility index (Phi) is 16.8. The van der Waals surface area contributed by atoms with Crippen molar-refractivity contribution in [2.75, 3.05) is 0 Å². The van der Waals surface area contributed by atoms with Crippen LogP contribution in [0.4, 0.5) is 0 Å². The van der Waals surface area contributed by atoms with E-state index in [2.05, 4.69) is 6.92 Å². The van der Waals surface area contributed by atoms with Gasteiger partial charge in [-0.3, -0.25) is 4.79 Å². The number of esters is 1. The summed E-state index contributed by atoms with van der Waals surface area (Å²) in [5.74, 6) is -0.688. The molecule has 0 aromatic heterocycles. The van der Waals surface area contributed by atoms with Gasteiger partial charge in [0.15, 0.2) is 0 Å². The van der Waals surface area contributed by atoms with Crippen molar-refractivity contribution >= 4 is 11.9 Å². The maximum absolute atomic E-state index is 11.7. The fraction of sp³-hybridized carbons (Fsp3) is 0.739. The zero-order valence-corrected chi connectivity index (χ0v) is 17.9. The molecule has 0 unspecified atom stereocenters. The molecule has 0 rings (SSSR count). The molecule has 0 aliphatic heterocycles. The second-order valence-electron chi connectivity index (χ2n) is 7.25. The Bertz CT molecular complexity index is 466. The van der Waals surface area contributed by atoms with Crippen LogP contribution in [-0.2, 0) is 14.3 Å². The maximum atomic E-state index is 11.7. The predicted octanol–water partition coefficient (Wildman–Crippen LogP) is 6.35. The lowest BCUT2D eigenvalue weighted by molar-refractivity contribution is -0.133. The van der Waals surface area contributed by atoms with Gasteiger partial charge < -0.3 is 10.5 Å². The van der Waals surface area contributed by atoms with Gasteiger partial charge in [0.2, 0.25) is 5.91 Å². The van der Waals surface area contributed by atoms with Gasteiger partial charge in [0.25, 0.3) is 0 Å². The van der Waals surface area contributed by atoms with Gasteiger partial charge in [-0.05, 0) is 26.2 Å². The van der Waals surface area contributed by atoms with Crippen molar-refractivity contribution in [1.82, 2.24) is 0 Å². The fourth-order valence-electron chi connectivity index (χ4n) is 3.13. The summed E-state index contributed by atoms with van der Waals surface area (Å²) >= 11 is 0. The zero-order valence-electron chi connectivity index (χ0n) is 17.9. The summed E-state index contributed by atoms with van der Waals surface area (Å²) in [5, 5.41) is 0. The summed E-state index contributed by atoms with van der Waals surface area (Å²) in [7, 11) is 0. The van der Waals surface area contributed by atoms with E-state index in [4.69, 9.17) is 10.5 Å². The standard InChI is InChI=1S/C23H41NO3/c1-4-6-7-8-9-10-11-12-13-14-15-16-17-18-19-22(25)27-20(3)21(5-2)23(24)26/h18-19H,4-17H2,1-3H3,(H2,24,26). The van der Waals surface area contributed by atoms with Crippen LogP contribution in [0.3, 0.4) is 0 Å². The Hall–Kier alpha value is -1.58. The molecule has 0 aromatic carbocycles. The van der Waals surface area contributed by atoms with E-state index in [1.165, 1.54) is 76.7 Å². The highest BCUT2D eigenvalue weighted by Gasteiger charge is 2.10. The number of hydrogen-bond acceptors (Lipinski definition) is 3. The third-order valence-electron chi connectivity index (χ3n) is 4.81. The van der Waals surface area contributed by atoms with Gasteiger partial charge in [-0.15, -0.1) is 0 Å². The van der Waals surface area contributed by atoms with Crippen molar-refractivity contribution in [3.8, 4) is 0 Å². The molecule has 0 saturated carbocycles. The molecule has 0 aliphatic carbocycles. The normalized spacial score (nSPS) is 12.3. The van der Waals surface area contributed by atoms with Crippen molar-refractivity contribution in [3.05, 3.63) is 23.5 Å². The molecule has 1 amide bonds. The zero-order chi connectivity index (χ0) is 20.3. The Morgan fingerprint density at radius 3 is 1.74 bits per heavy atom. The summed E-state index contributed by atoms with van der Waals surface area (Å²) in [6, 6.07) is 0. The van der Waals surface area contributed by atoms with Crippen LogP contribution in [0, 0.1) is 0 Å². The molecule has 4 heteroatoms. The average Bonchev–Trinajstić information content (AvgIpc) is 2.62. The Balaban J connectivity index is 3.62. The number of nitrogens with two attached hydrogens (primary N) is 1. The van der Waals surface area contributed by atoms with Crippen molar-refractivity contribution in [2.45, 2.75) is 111 Å². The third kappa shape index (κ3) is 15.2. The molecule has 0 aliphatic rings. The summed E-state index contributed by atoms with van der Waals surface area (Å²) in [4.78, 5) is 22.9. The number of hydrogen-bond donors (Lipinski definition) is 1. The van der Waals surface area contributed by atoms with Crippen LogP contribution in [0.15, 0.2) is 23.5 Å². The van der Waals surface area contributed by atoms with Crippen LogP contribution in [0.1, 0.15) is 111 Å². The number of allylic oxidation sites excluding steroid dienone is 2. The smallest absolute Gasteiger partial charge is 0.335 e.